The van der Waals surface area contributed by atoms with Gasteiger partial charge in [0.15, 0.2) is 0 Å². The Labute approximate surface area is 122 Å². The molecule has 0 amide bonds. The monoisotopic (exact) mass is 273 g/mol. The van der Waals surface area contributed by atoms with Gasteiger partial charge in [0.05, 0.1) is 0 Å². The Bertz CT molecular complexity index is 446. The molecule has 110 valence electrons. The highest BCUT2D eigenvalue weighted by atomic mass is 15.2. The van der Waals surface area contributed by atoms with E-state index in [1.807, 2.05) is 6.20 Å². The van der Waals surface area contributed by atoms with Crippen LogP contribution in [0.15, 0.2) is 18.3 Å². The van der Waals surface area contributed by atoms with E-state index in [0.29, 0.717) is 6.04 Å². The number of aromatic nitrogens is 1. The van der Waals surface area contributed by atoms with Crippen molar-refractivity contribution in [3.63, 3.8) is 0 Å². The lowest BCUT2D eigenvalue weighted by Crippen LogP contribution is -2.43. The number of nitrogens with one attached hydrogen (secondary N) is 1. The van der Waals surface area contributed by atoms with Crippen LogP contribution >= 0.6 is 0 Å². The van der Waals surface area contributed by atoms with E-state index >= 15 is 0 Å². The molecule has 2 heterocycles. The first-order valence-electron chi connectivity index (χ1n) is 8.25. The van der Waals surface area contributed by atoms with Gasteiger partial charge in [-0.25, -0.2) is 4.98 Å². The fourth-order valence-electron chi connectivity index (χ4n) is 4.02. The molecule has 3 nitrogen and oxygen atoms in total. The lowest BCUT2D eigenvalue weighted by molar-refractivity contribution is 0.360. The molecule has 1 saturated heterocycles. The summed E-state index contributed by atoms with van der Waals surface area (Å²) in [6.45, 7) is 6.59. The van der Waals surface area contributed by atoms with Gasteiger partial charge >= 0.3 is 0 Å². The summed E-state index contributed by atoms with van der Waals surface area (Å²) >= 11 is 0. The highest BCUT2D eigenvalue weighted by Gasteiger charge is 2.35. The summed E-state index contributed by atoms with van der Waals surface area (Å²) in [6.07, 6.45) is 8.93. The van der Waals surface area contributed by atoms with E-state index < -0.39 is 0 Å². The average Bonchev–Trinajstić information content (AvgIpc) is 2.96. The zero-order chi connectivity index (χ0) is 13.9. The number of rotatable bonds is 4. The first kappa shape index (κ1) is 13.9. The number of pyridine rings is 1. The maximum atomic E-state index is 4.66. The Kier molecular flexibility index (Phi) is 4.25. The van der Waals surface area contributed by atoms with Gasteiger partial charge in [0.25, 0.3) is 0 Å². The molecule has 0 radical (unpaired) electrons. The van der Waals surface area contributed by atoms with Gasteiger partial charge in [0, 0.05) is 24.8 Å². The van der Waals surface area contributed by atoms with E-state index in [-0.39, 0.29) is 0 Å². The van der Waals surface area contributed by atoms with Gasteiger partial charge in [-0.1, -0.05) is 13.3 Å². The third-order valence-electron chi connectivity index (χ3n) is 5.07. The highest BCUT2D eigenvalue weighted by molar-refractivity contribution is 5.44. The zero-order valence-electron chi connectivity index (χ0n) is 12.8. The summed E-state index contributed by atoms with van der Waals surface area (Å²) in [7, 11) is 0. The van der Waals surface area contributed by atoms with Gasteiger partial charge in [-0.2, -0.15) is 0 Å². The number of hydrogen-bond donors (Lipinski definition) is 1. The molecular weight excluding hydrogens is 246 g/mol. The summed E-state index contributed by atoms with van der Waals surface area (Å²) in [5.41, 5.74) is 1.36. The maximum absolute atomic E-state index is 4.66. The minimum atomic E-state index is 0.408. The van der Waals surface area contributed by atoms with Crippen molar-refractivity contribution in [1.29, 1.82) is 0 Å². The van der Waals surface area contributed by atoms with Gasteiger partial charge in [-0.05, 0) is 62.8 Å². The maximum Gasteiger partial charge on any atom is 0.129 e. The number of anilines is 1. The van der Waals surface area contributed by atoms with Crippen molar-refractivity contribution in [2.45, 2.75) is 58.0 Å². The van der Waals surface area contributed by atoms with Crippen LogP contribution in [0.3, 0.4) is 0 Å². The lowest BCUT2D eigenvalue weighted by atomic mass is 9.92. The summed E-state index contributed by atoms with van der Waals surface area (Å²) in [5, 5.41) is 3.49. The first-order valence-corrected chi connectivity index (χ1v) is 8.25. The van der Waals surface area contributed by atoms with Crippen molar-refractivity contribution < 1.29 is 0 Å². The smallest absolute Gasteiger partial charge is 0.129 e. The van der Waals surface area contributed by atoms with Crippen LogP contribution in [0.4, 0.5) is 5.82 Å². The topological polar surface area (TPSA) is 28.2 Å². The Hall–Kier alpha value is -1.09. The fourth-order valence-corrected chi connectivity index (χ4v) is 4.02. The predicted octanol–water partition coefficient (Wildman–Crippen LogP) is 3.52. The Morgan fingerprint density at radius 2 is 2.20 bits per heavy atom. The van der Waals surface area contributed by atoms with Crippen LogP contribution in [0.1, 0.15) is 57.6 Å². The molecule has 0 aromatic carbocycles. The van der Waals surface area contributed by atoms with Crippen LogP contribution in [0.2, 0.25) is 0 Å². The minimum Gasteiger partial charge on any atom is -0.353 e. The summed E-state index contributed by atoms with van der Waals surface area (Å²) in [5.74, 6) is 2.12. The van der Waals surface area contributed by atoms with Gasteiger partial charge in [0.2, 0.25) is 0 Å². The normalized spacial score (nSPS) is 27.4. The van der Waals surface area contributed by atoms with Crippen molar-refractivity contribution in [3.8, 4) is 0 Å². The van der Waals surface area contributed by atoms with Crippen LogP contribution < -0.4 is 10.2 Å². The molecule has 1 saturated carbocycles. The quantitative estimate of drug-likeness (QED) is 0.909. The second-order valence-electron chi connectivity index (χ2n) is 6.32. The van der Waals surface area contributed by atoms with Crippen molar-refractivity contribution in [2.24, 2.45) is 5.92 Å². The van der Waals surface area contributed by atoms with E-state index in [4.69, 9.17) is 0 Å². The molecule has 1 aliphatic carbocycles. The molecular formula is C17H27N3. The average molecular weight is 273 g/mol. The molecule has 1 aromatic rings. The van der Waals surface area contributed by atoms with Gasteiger partial charge in [-0.3, -0.25) is 0 Å². The summed E-state index contributed by atoms with van der Waals surface area (Å²) in [4.78, 5) is 7.25. The van der Waals surface area contributed by atoms with E-state index in [2.05, 4.69) is 41.2 Å². The zero-order valence-corrected chi connectivity index (χ0v) is 12.8. The van der Waals surface area contributed by atoms with Crippen LogP contribution in [0.5, 0.6) is 0 Å². The lowest BCUT2D eigenvalue weighted by Gasteiger charge is -2.39. The minimum absolute atomic E-state index is 0.408. The second-order valence-corrected chi connectivity index (χ2v) is 6.32. The van der Waals surface area contributed by atoms with Crippen molar-refractivity contribution >= 4 is 5.82 Å². The highest BCUT2D eigenvalue weighted by Crippen LogP contribution is 2.38. The third kappa shape index (κ3) is 2.69. The molecule has 1 N–H and O–H groups in total. The Balaban J connectivity index is 1.80. The number of fused-ring (bicyclic) bond motifs is 1. The predicted molar refractivity (Wildman–Crippen MR) is 84.0 cm³/mol. The van der Waals surface area contributed by atoms with Crippen molar-refractivity contribution in [1.82, 2.24) is 10.3 Å². The number of piperidine rings is 1. The van der Waals surface area contributed by atoms with Gasteiger partial charge < -0.3 is 10.2 Å². The van der Waals surface area contributed by atoms with E-state index in [9.17, 15) is 0 Å². The van der Waals surface area contributed by atoms with Crippen LogP contribution in [-0.4, -0.2) is 24.1 Å². The van der Waals surface area contributed by atoms with Crippen LogP contribution in [-0.2, 0) is 0 Å². The van der Waals surface area contributed by atoms with Gasteiger partial charge in [0.1, 0.15) is 5.82 Å². The third-order valence-corrected chi connectivity index (χ3v) is 5.07. The number of nitrogens with zero attached hydrogens (tertiary/aromatic N) is 2. The molecule has 2 fully saturated rings. The van der Waals surface area contributed by atoms with E-state index in [1.165, 1.54) is 50.0 Å². The molecule has 1 aliphatic heterocycles. The molecule has 1 aromatic heterocycles. The molecule has 3 atom stereocenters. The standard InChI is InChI=1S/C17H27N3/c1-3-18-13(2)15-9-10-19-17(12-15)20-11-5-7-14-6-4-8-16(14)20/h9-10,12-14,16,18H,3-8,11H2,1-2H3. The van der Waals surface area contributed by atoms with Crippen molar-refractivity contribution in [3.05, 3.63) is 23.9 Å². The van der Waals surface area contributed by atoms with E-state index in [1.54, 1.807) is 0 Å². The molecule has 0 bridgehead atoms. The molecule has 20 heavy (non-hydrogen) atoms. The Morgan fingerprint density at radius 1 is 1.35 bits per heavy atom. The summed E-state index contributed by atoms with van der Waals surface area (Å²) in [6, 6.07) is 5.60. The SMILES string of the molecule is CCNC(C)c1ccnc(N2CCCC3CCCC32)c1. The van der Waals surface area contributed by atoms with E-state index in [0.717, 1.165) is 18.5 Å². The van der Waals surface area contributed by atoms with Gasteiger partial charge in [-0.15, -0.1) is 0 Å². The molecule has 0 spiro atoms. The van der Waals surface area contributed by atoms with Crippen LogP contribution in [0.25, 0.3) is 0 Å². The second kappa shape index (κ2) is 6.13. The number of hydrogen-bond acceptors (Lipinski definition) is 3. The van der Waals surface area contributed by atoms with Crippen LogP contribution in [0, 0.1) is 5.92 Å². The molecule has 2 aliphatic rings. The molecule has 3 unspecified atom stereocenters. The molecule has 3 rings (SSSR count). The van der Waals surface area contributed by atoms with Crippen molar-refractivity contribution in [2.75, 3.05) is 18.0 Å². The summed E-state index contributed by atoms with van der Waals surface area (Å²) < 4.78 is 0. The fraction of sp³-hybridized carbons (Fsp3) is 0.706. The first-order chi connectivity index (χ1) is 9.79. The largest absolute Gasteiger partial charge is 0.353 e. The molecule has 3 heteroatoms. The Morgan fingerprint density at radius 3 is 3.05 bits per heavy atom.